The van der Waals surface area contributed by atoms with Crippen LogP contribution >= 0.6 is 22.6 Å². The SMILES string of the molecule is COC(=O)c1ccccc1-c1ccc(/C=N/NC(=O)CNc2ccc(I)cc2)o1. The van der Waals surface area contributed by atoms with Gasteiger partial charge in [0.05, 0.1) is 25.4 Å². The summed E-state index contributed by atoms with van der Waals surface area (Å²) in [6, 6.07) is 18.1. The van der Waals surface area contributed by atoms with E-state index in [1.165, 1.54) is 13.3 Å². The van der Waals surface area contributed by atoms with Crippen LogP contribution in [0.1, 0.15) is 16.1 Å². The summed E-state index contributed by atoms with van der Waals surface area (Å²) >= 11 is 2.22. The second-order valence-electron chi connectivity index (χ2n) is 5.89. The molecule has 0 aliphatic heterocycles. The fourth-order valence-electron chi connectivity index (χ4n) is 2.51. The summed E-state index contributed by atoms with van der Waals surface area (Å²) in [6.45, 7) is 0.0911. The number of hydrogen-bond donors (Lipinski definition) is 2. The number of halogens is 1. The van der Waals surface area contributed by atoms with E-state index in [1.807, 2.05) is 24.3 Å². The summed E-state index contributed by atoms with van der Waals surface area (Å²) in [4.78, 5) is 23.8. The van der Waals surface area contributed by atoms with E-state index >= 15 is 0 Å². The molecule has 0 saturated heterocycles. The first-order chi connectivity index (χ1) is 14.1. The van der Waals surface area contributed by atoms with Crippen molar-refractivity contribution in [2.75, 3.05) is 19.0 Å². The molecule has 7 nitrogen and oxygen atoms in total. The van der Waals surface area contributed by atoms with Crippen LogP contribution in [0.2, 0.25) is 0 Å². The second-order valence-corrected chi connectivity index (χ2v) is 7.14. The van der Waals surface area contributed by atoms with Gasteiger partial charge in [-0.05, 0) is 65.1 Å². The lowest BCUT2D eigenvalue weighted by molar-refractivity contribution is -0.119. The van der Waals surface area contributed by atoms with Gasteiger partial charge in [-0.15, -0.1) is 0 Å². The van der Waals surface area contributed by atoms with Gasteiger partial charge in [0.2, 0.25) is 0 Å². The average molecular weight is 503 g/mol. The Morgan fingerprint density at radius 2 is 1.86 bits per heavy atom. The minimum absolute atomic E-state index is 0.0911. The highest BCUT2D eigenvalue weighted by Crippen LogP contribution is 2.26. The van der Waals surface area contributed by atoms with Gasteiger partial charge in [-0.25, -0.2) is 10.2 Å². The molecular formula is C21H18IN3O4. The Kier molecular flexibility index (Phi) is 7.01. The molecule has 1 amide bonds. The Hall–Kier alpha value is -3.14. The first-order valence-corrected chi connectivity index (χ1v) is 9.73. The van der Waals surface area contributed by atoms with E-state index in [0.717, 1.165) is 9.26 Å². The minimum Gasteiger partial charge on any atom is -0.465 e. The van der Waals surface area contributed by atoms with Crippen molar-refractivity contribution in [1.82, 2.24) is 5.43 Å². The Labute approximate surface area is 181 Å². The first-order valence-electron chi connectivity index (χ1n) is 8.65. The van der Waals surface area contributed by atoms with E-state index in [9.17, 15) is 9.59 Å². The van der Waals surface area contributed by atoms with Crippen LogP contribution in [-0.4, -0.2) is 31.7 Å². The van der Waals surface area contributed by atoms with E-state index in [2.05, 4.69) is 38.4 Å². The van der Waals surface area contributed by atoms with Crippen molar-refractivity contribution < 1.29 is 18.7 Å². The molecule has 3 aromatic rings. The number of carbonyl (C=O) groups excluding carboxylic acids is 2. The molecule has 0 saturated carbocycles. The number of hydrogen-bond acceptors (Lipinski definition) is 6. The van der Waals surface area contributed by atoms with Crippen molar-refractivity contribution in [3.05, 3.63) is 75.6 Å². The van der Waals surface area contributed by atoms with Gasteiger partial charge >= 0.3 is 5.97 Å². The number of carbonyl (C=O) groups is 2. The number of benzene rings is 2. The highest BCUT2D eigenvalue weighted by molar-refractivity contribution is 14.1. The maximum atomic E-state index is 11.9. The molecule has 0 spiro atoms. The lowest BCUT2D eigenvalue weighted by Crippen LogP contribution is -2.25. The molecule has 0 fully saturated rings. The molecule has 0 unspecified atom stereocenters. The van der Waals surface area contributed by atoms with E-state index in [4.69, 9.17) is 9.15 Å². The number of nitrogens with one attached hydrogen (secondary N) is 2. The number of nitrogens with zero attached hydrogens (tertiary/aromatic N) is 1. The minimum atomic E-state index is -0.444. The third-order valence-electron chi connectivity index (χ3n) is 3.90. The number of anilines is 1. The predicted octanol–water partition coefficient (Wildman–Crippen LogP) is 3.90. The first kappa shape index (κ1) is 20.6. The van der Waals surface area contributed by atoms with Gasteiger partial charge in [-0.1, -0.05) is 18.2 Å². The standard InChI is InChI=1S/C21H18IN3O4/c1-28-21(27)18-5-3-2-4-17(18)19-11-10-16(29-19)12-24-25-20(26)13-23-15-8-6-14(22)7-9-15/h2-12,23H,13H2,1H3,(H,25,26)/b24-12+. The van der Waals surface area contributed by atoms with Crippen molar-refractivity contribution in [3.8, 4) is 11.3 Å². The fourth-order valence-corrected chi connectivity index (χ4v) is 2.87. The zero-order valence-corrected chi connectivity index (χ0v) is 17.7. The molecule has 0 atom stereocenters. The van der Waals surface area contributed by atoms with Gasteiger partial charge in [-0.3, -0.25) is 4.79 Å². The molecule has 0 aliphatic carbocycles. The fraction of sp³-hybridized carbons (Fsp3) is 0.0952. The van der Waals surface area contributed by atoms with Crippen molar-refractivity contribution in [3.63, 3.8) is 0 Å². The topological polar surface area (TPSA) is 92.9 Å². The monoisotopic (exact) mass is 503 g/mol. The van der Waals surface area contributed by atoms with Gasteiger partial charge < -0.3 is 14.5 Å². The van der Waals surface area contributed by atoms with Gasteiger partial charge in [0.25, 0.3) is 5.91 Å². The summed E-state index contributed by atoms with van der Waals surface area (Å²) < 4.78 is 11.6. The molecule has 8 heteroatoms. The summed E-state index contributed by atoms with van der Waals surface area (Å²) in [7, 11) is 1.33. The van der Waals surface area contributed by atoms with Gasteiger partial charge in [0, 0.05) is 14.8 Å². The zero-order chi connectivity index (χ0) is 20.6. The van der Waals surface area contributed by atoms with E-state index < -0.39 is 5.97 Å². The largest absolute Gasteiger partial charge is 0.465 e. The maximum Gasteiger partial charge on any atom is 0.338 e. The molecule has 1 heterocycles. The third kappa shape index (κ3) is 5.67. The smallest absolute Gasteiger partial charge is 0.338 e. The van der Waals surface area contributed by atoms with Gasteiger partial charge in [-0.2, -0.15) is 5.10 Å². The van der Waals surface area contributed by atoms with Crippen LogP contribution in [0.4, 0.5) is 5.69 Å². The van der Waals surface area contributed by atoms with Crippen LogP contribution in [0, 0.1) is 3.57 Å². The zero-order valence-electron chi connectivity index (χ0n) is 15.5. The number of rotatable bonds is 7. The molecule has 2 N–H and O–H groups in total. The molecule has 0 bridgehead atoms. The van der Waals surface area contributed by atoms with E-state index in [-0.39, 0.29) is 12.5 Å². The van der Waals surface area contributed by atoms with Crippen molar-refractivity contribution in [2.24, 2.45) is 5.10 Å². The number of amides is 1. The van der Waals surface area contributed by atoms with Crippen LogP contribution in [0.25, 0.3) is 11.3 Å². The van der Waals surface area contributed by atoms with Crippen LogP contribution in [0.15, 0.2) is 70.2 Å². The summed E-state index contributed by atoms with van der Waals surface area (Å²) in [5, 5.41) is 6.91. The molecule has 29 heavy (non-hydrogen) atoms. The van der Waals surface area contributed by atoms with Crippen LogP contribution in [0.3, 0.4) is 0 Å². The van der Waals surface area contributed by atoms with E-state index in [1.54, 1.807) is 36.4 Å². The number of methoxy groups -OCH3 is 1. The average Bonchev–Trinajstić information content (AvgIpc) is 3.21. The van der Waals surface area contributed by atoms with E-state index in [0.29, 0.717) is 22.6 Å². The highest BCUT2D eigenvalue weighted by atomic mass is 127. The second kappa shape index (κ2) is 9.87. The molecule has 3 rings (SSSR count). The lowest BCUT2D eigenvalue weighted by Gasteiger charge is -2.05. The van der Waals surface area contributed by atoms with Crippen LogP contribution in [-0.2, 0) is 9.53 Å². The molecule has 0 radical (unpaired) electrons. The van der Waals surface area contributed by atoms with Crippen LogP contribution in [0.5, 0.6) is 0 Å². The Morgan fingerprint density at radius 3 is 2.62 bits per heavy atom. The summed E-state index contributed by atoms with van der Waals surface area (Å²) in [6.07, 6.45) is 1.40. The number of furan rings is 1. The van der Waals surface area contributed by atoms with Gasteiger partial charge in [0.15, 0.2) is 0 Å². The van der Waals surface area contributed by atoms with Crippen molar-refractivity contribution >= 4 is 46.4 Å². The number of ether oxygens (including phenoxy) is 1. The lowest BCUT2D eigenvalue weighted by atomic mass is 10.1. The molecule has 0 aliphatic rings. The normalized spacial score (nSPS) is 10.7. The number of esters is 1. The predicted molar refractivity (Wildman–Crippen MR) is 119 cm³/mol. The molecular weight excluding hydrogens is 485 g/mol. The Bertz CT molecular complexity index is 1030. The molecule has 148 valence electrons. The van der Waals surface area contributed by atoms with Crippen LogP contribution < -0.4 is 10.7 Å². The summed E-state index contributed by atoms with van der Waals surface area (Å²) in [5.41, 5.74) is 4.31. The quantitative estimate of drug-likeness (QED) is 0.221. The third-order valence-corrected chi connectivity index (χ3v) is 4.62. The number of hydrazone groups is 1. The maximum absolute atomic E-state index is 11.9. The Morgan fingerprint density at radius 1 is 1.10 bits per heavy atom. The Balaban J connectivity index is 1.57. The highest BCUT2D eigenvalue weighted by Gasteiger charge is 2.15. The molecule has 1 aromatic heterocycles. The van der Waals surface area contributed by atoms with Gasteiger partial charge in [0.1, 0.15) is 11.5 Å². The summed E-state index contributed by atoms with van der Waals surface area (Å²) in [5.74, 6) is 0.201. The van der Waals surface area contributed by atoms with Crippen molar-refractivity contribution in [1.29, 1.82) is 0 Å². The molecule has 2 aromatic carbocycles. The van der Waals surface area contributed by atoms with Crippen molar-refractivity contribution in [2.45, 2.75) is 0 Å².